The second-order valence-corrected chi connectivity index (χ2v) is 19.7. The molecule has 26 heavy (non-hydrogen) atoms. The molecular weight excluding hydrogens is 593 g/mol. The van der Waals surface area contributed by atoms with Gasteiger partial charge in [0, 0.05) is 134 Å². The molecule has 0 heterocycles. The molecule has 0 aromatic carbocycles. The smallest absolute Gasteiger partial charge is 0 e. The highest BCUT2D eigenvalue weighted by atomic mass is 33.4. The van der Waals surface area contributed by atoms with E-state index in [0.29, 0.717) is 0 Å². The van der Waals surface area contributed by atoms with Crippen molar-refractivity contribution in [2.45, 2.75) is 42.0 Å². The van der Waals surface area contributed by atoms with E-state index >= 15 is 0 Å². The number of terminal acetylenes is 1. The van der Waals surface area contributed by atoms with E-state index in [9.17, 15) is 0 Å². The molecule has 0 amide bonds. The first-order chi connectivity index (χ1) is 12.2. The van der Waals surface area contributed by atoms with Gasteiger partial charge in [0.1, 0.15) is 0 Å². The van der Waals surface area contributed by atoms with Crippen molar-refractivity contribution in [3.05, 3.63) is 0 Å². The van der Waals surface area contributed by atoms with Crippen LogP contribution >= 0.6 is 0 Å². The molecule has 0 aliphatic rings. The van der Waals surface area contributed by atoms with Crippen LogP contribution < -0.4 is 0 Å². The minimum absolute atomic E-state index is 0. The van der Waals surface area contributed by atoms with Gasteiger partial charge in [0.25, 0.3) is 0 Å². The molecule has 0 saturated carbocycles. The highest BCUT2D eigenvalue weighted by Gasteiger charge is 1.38. The van der Waals surface area contributed by atoms with E-state index in [2.05, 4.69) is 80.8 Å². The Hall–Kier alpha value is 1.76. The summed E-state index contributed by atoms with van der Waals surface area (Å²) in [5, 5.41) is 0. The molecule has 0 unspecified atom stereocenters. The standard InChI is InChI=1S/2C4H6.C3H4.CH4.S12.S2/c2*1-3-4-2;1-3-2;;1-3-5-7-9-11-12-10-8-6-4-2;1-2/h2*1-2H3;1H,2H3;1H4;;. The van der Waals surface area contributed by atoms with Crippen LogP contribution in [0.15, 0.2) is 0 Å². The number of rotatable bonds is 0. The van der Waals surface area contributed by atoms with Gasteiger partial charge in [-0.15, -0.1) is 36.0 Å². The van der Waals surface area contributed by atoms with Gasteiger partial charge in [0.05, 0.1) is 0 Å². The van der Waals surface area contributed by atoms with Gasteiger partial charge in [-0.05, 0) is 34.6 Å². The minimum atomic E-state index is 0. The van der Waals surface area contributed by atoms with Gasteiger partial charge in [-0.25, -0.2) is 0 Å². The van der Waals surface area contributed by atoms with Crippen molar-refractivity contribution in [2.75, 3.05) is 0 Å². The van der Waals surface area contributed by atoms with Crippen molar-refractivity contribution >= 4 is 134 Å². The summed E-state index contributed by atoms with van der Waals surface area (Å²) in [5.41, 5.74) is 0. The van der Waals surface area contributed by atoms with Crippen molar-refractivity contribution < 1.29 is 0 Å². The predicted octanol–water partition coefficient (Wildman–Crippen LogP) is 3.30. The van der Waals surface area contributed by atoms with E-state index < -0.39 is 0 Å². The monoisotopic (exact) mass is 612 g/mol. The van der Waals surface area contributed by atoms with Gasteiger partial charge in [0.15, 0.2) is 0 Å². The molecule has 152 valence electrons. The molecule has 0 rings (SSSR count). The van der Waals surface area contributed by atoms with Gasteiger partial charge in [-0.3, -0.25) is 0 Å². The highest BCUT2D eigenvalue weighted by Crippen LogP contribution is 1.40. The average molecular weight is 613 g/mol. The van der Waals surface area contributed by atoms with Crippen LogP contribution in [-0.4, -0.2) is 0 Å². The molecule has 0 aliphatic heterocycles. The summed E-state index contributed by atoms with van der Waals surface area (Å²) in [6.45, 7) is 8.93. The second kappa shape index (κ2) is 63.2. The maximum Gasteiger partial charge on any atom is 0 e. The molecule has 0 bridgehead atoms. The van der Waals surface area contributed by atoms with E-state index in [-0.39, 0.29) is 7.43 Å². The fourth-order valence-electron chi connectivity index (χ4n) is 0.0907. The minimum Gasteiger partial charge on any atom is -0.120 e. The average Bonchev–Trinajstić information content (AvgIpc) is 2.66. The van der Waals surface area contributed by atoms with E-state index in [1.807, 2.05) is 27.7 Å². The summed E-state index contributed by atoms with van der Waals surface area (Å²) in [6, 6.07) is 0. The largest absolute Gasteiger partial charge is 0.120 e. The van der Waals surface area contributed by atoms with E-state index in [0.717, 1.165) is 0 Å². The zero-order chi connectivity index (χ0) is 20.6. The zero-order valence-corrected chi connectivity index (χ0v) is 25.2. The third-order valence-electron chi connectivity index (χ3n) is 0.750. The fraction of sp³-hybridized carbons (Fsp3) is 0.500. The van der Waals surface area contributed by atoms with E-state index in [4.69, 9.17) is 0 Å². The van der Waals surface area contributed by atoms with Gasteiger partial charge in [-0.2, -0.15) is 0 Å². The van der Waals surface area contributed by atoms with Gasteiger partial charge >= 0.3 is 0 Å². The molecule has 0 aromatic rings. The Bertz CT molecular complexity index is 778. The quantitative estimate of drug-likeness (QED) is 0.385. The first-order valence-corrected chi connectivity index (χ1v) is 21.3. The van der Waals surface area contributed by atoms with Crippen LogP contribution in [0.3, 0.4) is 0 Å². The Balaban J connectivity index is -0.0000000594. The number of hydrogen-bond acceptors (Lipinski definition) is 4. The van der Waals surface area contributed by atoms with Crippen molar-refractivity contribution in [1.82, 2.24) is 0 Å². The van der Waals surface area contributed by atoms with Crippen LogP contribution in [0, 0.1) is 36.0 Å². The molecule has 0 fully saturated rings. The molecule has 0 radical (unpaired) electrons. The van der Waals surface area contributed by atoms with Crippen molar-refractivity contribution in [3.63, 3.8) is 0 Å². The van der Waals surface area contributed by atoms with Gasteiger partial charge in [-0.1, -0.05) is 7.43 Å². The Morgan fingerprint density at radius 2 is 0.692 bits per heavy atom. The lowest BCUT2D eigenvalue weighted by Gasteiger charge is -1.40. The molecule has 0 saturated heterocycles. The van der Waals surface area contributed by atoms with Gasteiger partial charge in [0.2, 0.25) is 0 Å². The normalized spacial score (nSPS) is 4.77. The zero-order valence-electron chi connectivity index (χ0n) is 13.8. The molecule has 0 aromatic heterocycles. The van der Waals surface area contributed by atoms with Crippen LogP contribution in [0.5, 0.6) is 0 Å². The van der Waals surface area contributed by atoms with Crippen molar-refractivity contribution in [1.29, 1.82) is 0 Å². The molecule has 0 aliphatic carbocycles. The fourth-order valence-corrected chi connectivity index (χ4v) is 22.0. The number of hydrogen-bond donors (Lipinski definition) is 0. The molecule has 0 N–H and O–H groups in total. The molecule has 0 spiro atoms. The lowest BCUT2D eigenvalue weighted by atomic mass is 10.7. The Labute approximate surface area is 208 Å². The third-order valence-corrected chi connectivity index (χ3v) is 20.7. The molecule has 0 nitrogen and oxygen atoms in total. The summed E-state index contributed by atoms with van der Waals surface area (Å²) in [5.74, 6) is 13.0. The van der Waals surface area contributed by atoms with Crippen LogP contribution in [0.4, 0.5) is 0 Å². The highest BCUT2D eigenvalue weighted by molar-refractivity contribution is 8.75. The lowest BCUT2D eigenvalue weighted by molar-refractivity contribution is 1.83. The topological polar surface area (TPSA) is 0 Å². The van der Waals surface area contributed by atoms with Crippen molar-refractivity contribution in [2.24, 2.45) is 0 Å². The maximum absolute atomic E-state index is 4.69. The van der Waals surface area contributed by atoms with Crippen LogP contribution in [0.2, 0.25) is 0 Å². The summed E-state index contributed by atoms with van der Waals surface area (Å²) >= 11 is 16.7. The molecular formula is C12H20S14. The molecule has 0 atom stereocenters. The summed E-state index contributed by atoms with van der Waals surface area (Å²) in [7, 11) is 16.3. The lowest BCUT2D eigenvalue weighted by Crippen LogP contribution is -1.37. The molecule has 14 heteroatoms. The van der Waals surface area contributed by atoms with Crippen LogP contribution in [-0.2, 0) is 134 Å². The maximum atomic E-state index is 4.69. The first kappa shape index (κ1) is 42.0. The Morgan fingerprint density at radius 1 is 0.538 bits per heavy atom. The summed E-state index contributed by atoms with van der Waals surface area (Å²) in [4.78, 5) is 0. The van der Waals surface area contributed by atoms with Gasteiger partial charge < -0.3 is 0 Å². The summed E-state index contributed by atoms with van der Waals surface area (Å²) in [6.07, 6.45) is 4.60. The Morgan fingerprint density at radius 3 is 0.808 bits per heavy atom. The van der Waals surface area contributed by atoms with Crippen LogP contribution in [0.1, 0.15) is 42.0 Å². The SMILES string of the molecule is C.C#CC.CC#CC.CC#CC.S=S.S=S=S=S=S=S=S=S=S=S=S=S. The predicted molar refractivity (Wildman–Crippen MR) is 163 cm³/mol. The van der Waals surface area contributed by atoms with Crippen LogP contribution in [0.25, 0.3) is 0 Å². The summed E-state index contributed by atoms with van der Waals surface area (Å²) < 4.78 is 0. The van der Waals surface area contributed by atoms with Crippen molar-refractivity contribution in [3.8, 4) is 36.0 Å². The first-order valence-electron chi connectivity index (χ1n) is 5.29. The van der Waals surface area contributed by atoms with E-state index in [1.165, 1.54) is 17.8 Å². The van der Waals surface area contributed by atoms with E-state index in [1.54, 1.807) is 78.0 Å². The Kier molecular flexibility index (Phi) is 102. The third kappa shape index (κ3) is 97.0. The second-order valence-electron chi connectivity index (χ2n) is 1.97.